The highest BCUT2D eigenvalue weighted by Gasteiger charge is 2.11. The summed E-state index contributed by atoms with van der Waals surface area (Å²) in [4.78, 5) is 4.24. The second-order valence-electron chi connectivity index (χ2n) is 5.01. The fraction of sp³-hybridized carbons (Fsp3) is 0.467. The summed E-state index contributed by atoms with van der Waals surface area (Å²) in [7, 11) is 0. The molecule has 0 bridgehead atoms. The summed E-state index contributed by atoms with van der Waals surface area (Å²) in [5.41, 5.74) is 0.352. The van der Waals surface area contributed by atoms with Crippen molar-refractivity contribution in [3.05, 3.63) is 47.1 Å². The van der Waals surface area contributed by atoms with E-state index in [2.05, 4.69) is 29.3 Å². The van der Waals surface area contributed by atoms with Gasteiger partial charge in [-0.05, 0) is 31.5 Å². The molecule has 1 aromatic heterocycles. The lowest BCUT2D eigenvalue weighted by molar-refractivity contribution is 0.363. The van der Waals surface area contributed by atoms with E-state index in [9.17, 15) is 8.78 Å². The minimum Gasteiger partial charge on any atom is -0.339 e. The van der Waals surface area contributed by atoms with E-state index in [0.29, 0.717) is 29.7 Å². The summed E-state index contributed by atoms with van der Waals surface area (Å²) in [6.07, 6.45) is 1.76. The van der Waals surface area contributed by atoms with E-state index in [0.717, 1.165) is 19.0 Å². The average Bonchev–Trinajstić information content (AvgIpc) is 2.88. The van der Waals surface area contributed by atoms with Crippen LogP contribution >= 0.6 is 0 Å². The molecule has 2 rings (SSSR count). The normalized spacial score (nSPS) is 12.6. The number of halogens is 2. The van der Waals surface area contributed by atoms with E-state index < -0.39 is 11.6 Å². The SMILES string of the molecule is CCNC(C)CCc1nc(Cc2ccc(F)cc2F)no1. The van der Waals surface area contributed by atoms with Gasteiger partial charge in [-0.25, -0.2) is 8.78 Å². The number of aromatic nitrogens is 2. The molecule has 1 atom stereocenters. The molecule has 0 saturated carbocycles. The second-order valence-corrected chi connectivity index (χ2v) is 5.01. The van der Waals surface area contributed by atoms with E-state index in [1.54, 1.807) is 0 Å². The summed E-state index contributed by atoms with van der Waals surface area (Å²) >= 11 is 0. The Morgan fingerprint density at radius 1 is 1.33 bits per heavy atom. The zero-order valence-corrected chi connectivity index (χ0v) is 12.2. The molecule has 2 aromatic rings. The Labute approximate surface area is 122 Å². The third-order valence-electron chi connectivity index (χ3n) is 3.22. The molecular formula is C15H19F2N3O. The first-order valence-electron chi connectivity index (χ1n) is 7.07. The number of nitrogens with one attached hydrogen (secondary N) is 1. The van der Waals surface area contributed by atoms with Gasteiger partial charge in [0, 0.05) is 24.9 Å². The standard InChI is InChI=1S/C15H19F2N3O/c1-3-18-10(2)4-7-15-19-14(20-21-15)8-11-5-6-12(16)9-13(11)17/h5-6,9-10,18H,3-4,7-8H2,1-2H3. The topological polar surface area (TPSA) is 51.0 Å². The maximum absolute atomic E-state index is 13.5. The average molecular weight is 295 g/mol. The quantitative estimate of drug-likeness (QED) is 0.853. The van der Waals surface area contributed by atoms with Gasteiger partial charge in [-0.3, -0.25) is 0 Å². The molecule has 0 radical (unpaired) electrons. The van der Waals surface area contributed by atoms with E-state index in [-0.39, 0.29) is 6.42 Å². The van der Waals surface area contributed by atoms with E-state index >= 15 is 0 Å². The molecule has 0 aliphatic rings. The van der Waals surface area contributed by atoms with Crippen LogP contribution in [0.15, 0.2) is 22.7 Å². The van der Waals surface area contributed by atoms with E-state index in [4.69, 9.17) is 4.52 Å². The molecule has 0 aliphatic heterocycles. The molecular weight excluding hydrogens is 276 g/mol. The highest BCUT2D eigenvalue weighted by Crippen LogP contribution is 2.13. The predicted octanol–water partition coefficient (Wildman–Crippen LogP) is 2.87. The van der Waals surface area contributed by atoms with Crippen LogP contribution < -0.4 is 5.32 Å². The van der Waals surface area contributed by atoms with Crippen LogP contribution in [-0.2, 0) is 12.8 Å². The van der Waals surface area contributed by atoms with E-state index in [1.165, 1.54) is 12.1 Å². The van der Waals surface area contributed by atoms with Gasteiger partial charge in [0.15, 0.2) is 5.82 Å². The summed E-state index contributed by atoms with van der Waals surface area (Å²) in [5.74, 6) is -0.242. The van der Waals surface area contributed by atoms with Crippen molar-refractivity contribution in [3.8, 4) is 0 Å². The van der Waals surface area contributed by atoms with Crippen LogP contribution in [0.4, 0.5) is 8.78 Å². The Balaban J connectivity index is 1.93. The van der Waals surface area contributed by atoms with Crippen LogP contribution in [0.5, 0.6) is 0 Å². The van der Waals surface area contributed by atoms with Gasteiger partial charge in [-0.1, -0.05) is 18.1 Å². The number of aryl methyl sites for hydroxylation is 1. The van der Waals surface area contributed by atoms with Crippen molar-refractivity contribution in [1.29, 1.82) is 0 Å². The molecule has 0 amide bonds. The van der Waals surface area contributed by atoms with Gasteiger partial charge in [-0.15, -0.1) is 0 Å². The van der Waals surface area contributed by atoms with Gasteiger partial charge in [0.05, 0.1) is 0 Å². The van der Waals surface area contributed by atoms with Crippen LogP contribution in [0.25, 0.3) is 0 Å². The van der Waals surface area contributed by atoms with Crippen LogP contribution in [-0.4, -0.2) is 22.7 Å². The van der Waals surface area contributed by atoms with Gasteiger partial charge in [0.1, 0.15) is 11.6 Å². The lowest BCUT2D eigenvalue weighted by Gasteiger charge is -2.09. The van der Waals surface area contributed by atoms with Crippen molar-refractivity contribution >= 4 is 0 Å². The van der Waals surface area contributed by atoms with Gasteiger partial charge < -0.3 is 9.84 Å². The third kappa shape index (κ3) is 4.60. The molecule has 21 heavy (non-hydrogen) atoms. The third-order valence-corrected chi connectivity index (χ3v) is 3.22. The molecule has 0 aliphatic carbocycles. The Morgan fingerprint density at radius 3 is 2.86 bits per heavy atom. The molecule has 0 spiro atoms. The molecule has 114 valence electrons. The van der Waals surface area contributed by atoms with Crippen molar-refractivity contribution in [2.45, 2.75) is 39.2 Å². The Bertz CT molecular complexity index is 586. The predicted molar refractivity (Wildman–Crippen MR) is 74.9 cm³/mol. The number of hydrogen-bond acceptors (Lipinski definition) is 4. The minimum absolute atomic E-state index is 0.193. The molecule has 1 aromatic carbocycles. The van der Waals surface area contributed by atoms with Gasteiger partial charge in [0.2, 0.25) is 5.89 Å². The zero-order valence-electron chi connectivity index (χ0n) is 12.2. The molecule has 1 unspecified atom stereocenters. The first kappa shape index (κ1) is 15.6. The molecule has 1 N–H and O–H groups in total. The first-order chi connectivity index (χ1) is 10.1. The number of rotatable bonds is 7. The Hall–Kier alpha value is -1.82. The van der Waals surface area contributed by atoms with Gasteiger partial charge >= 0.3 is 0 Å². The lowest BCUT2D eigenvalue weighted by Crippen LogP contribution is -2.25. The van der Waals surface area contributed by atoms with Crippen LogP contribution in [0.3, 0.4) is 0 Å². The van der Waals surface area contributed by atoms with Crippen molar-refractivity contribution in [1.82, 2.24) is 15.5 Å². The second kappa shape index (κ2) is 7.26. The summed E-state index contributed by atoms with van der Waals surface area (Å²) in [6, 6.07) is 3.85. The number of nitrogens with zero attached hydrogens (tertiary/aromatic N) is 2. The molecule has 1 heterocycles. The highest BCUT2D eigenvalue weighted by molar-refractivity contribution is 5.21. The zero-order chi connectivity index (χ0) is 15.2. The van der Waals surface area contributed by atoms with Gasteiger partial charge in [0.25, 0.3) is 0 Å². The van der Waals surface area contributed by atoms with Crippen molar-refractivity contribution in [2.75, 3.05) is 6.54 Å². The molecule has 4 nitrogen and oxygen atoms in total. The fourth-order valence-corrected chi connectivity index (χ4v) is 2.09. The maximum Gasteiger partial charge on any atom is 0.226 e. The smallest absolute Gasteiger partial charge is 0.226 e. The largest absolute Gasteiger partial charge is 0.339 e. The van der Waals surface area contributed by atoms with Crippen LogP contribution in [0, 0.1) is 11.6 Å². The van der Waals surface area contributed by atoms with Crippen molar-refractivity contribution in [2.24, 2.45) is 0 Å². The molecule has 6 heteroatoms. The summed E-state index contributed by atoms with van der Waals surface area (Å²) in [6.45, 7) is 5.06. The Morgan fingerprint density at radius 2 is 2.14 bits per heavy atom. The Kier molecular flexibility index (Phi) is 5.38. The highest BCUT2D eigenvalue weighted by atomic mass is 19.1. The van der Waals surface area contributed by atoms with Crippen molar-refractivity contribution < 1.29 is 13.3 Å². The summed E-state index contributed by atoms with van der Waals surface area (Å²) < 4.78 is 31.5. The lowest BCUT2D eigenvalue weighted by atomic mass is 10.1. The molecule has 0 fully saturated rings. The van der Waals surface area contributed by atoms with Gasteiger partial charge in [-0.2, -0.15) is 4.98 Å². The van der Waals surface area contributed by atoms with Crippen molar-refractivity contribution in [3.63, 3.8) is 0 Å². The minimum atomic E-state index is -0.595. The summed E-state index contributed by atoms with van der Waals surface area (Å²) in [5, 5.41) is 7.13. The fourth-order valence-electron chi connectivity index (χ4n) is 2.09. The van der Waals surface area contributed by atoms with E-state index in [1.807, 2.05) is 0 Å². The monoisotopic (exact) mass is 295 g/mol. The number of benzene rings is 1. The van der Waals surface area contributed by atoms with Crippen LogP contribution in [0.2, 0.25) is 0 Å². The number of hydrogen-bond donors (Lipinski definition) is 1. The van der Waals surface area contributed by atoms with Crippen LogP contribution in [0.1, 0.15) is 37.5 Å². The first-order valence-corrected chi connectivity index (χ1v) is 7.07. The maximum atomic E-state index is 13.5. The molecule has 0 saturated heterocycles.